The molecule has 25 heavy (non-hydrogen) atoms. The Morgan fingerprint density at radius 2 is 1.76 bits per heavy atom. The summed E-state index contributed by atoms with van der Waals surface area (Å²) in [6, 6.07) is 4.62. The normalized spacial score (nSPS) is 24.8. The number of rotatable bonds is 3. The lowest BCUT2D eigenvalue weighted by molar-refractivity contribution is -0.117. The molecule has 9 nitrogen and oxygen atoms in total. The Balaban J connectivity index is 1.39. The molecular weight excluding hydrogens is 330 g/mol. The van der Waals surface area contributed by atoms with Gasteiger partial charge in [-0.2, -0.15) is 0 Å². The molecule has 0 bridgehead atoms. The van der Waals surface area contributed by atoms with Crippen LogP contribution in [0.25, 0.3) is 0 Å². The van der Waals surface area contributed by atoms with E-state index < -0.39 is 6.16 Å². The summed E-state index contributed by atoms with van der Waals surface area (Å²) in [7, 11) is 1.42. The maximum atomic E-state index is 12.2. The Morgan fingerprint density at radius 3 is 2.44 bits per heavy atom. The molecule has 3 aliphatic rings. The van der Waals surface area contributed by atoms with E-state index in [2.05, 4.69) is 5.32 Å². The SMILES string of the molecule is CN1C(=O)c2ccc(NC(=O)CN3C[C@@H]4OC(=O)O[C@@H]4C3)cc2C1=O. The van der Waals surface area contributed by atoms with Gasteiger partial charge in [0.05, 0.1) is 17.7 Å². The molecule has 2 saturated heterocycles. The molecule has 1 aromatic rings. The van der Waals surface area contributed by atoms with Crippen LogP contribution in [0.4, 0.5) is 10.5 Å². The number of benzene rings is 1. The van der Waals surface area contributed by atoms with Crippen LogP contribution in [0.3, 0.4) is 0 Å². The molecule has 130 valence electrons. The first-order chi connectivity index (χ1) is 11.9. The van der Waals surface area contributed by atoms with Crippen molar-refractivity contribution >= 4 is 29.6 Å². The number of carbonyl (C=O) groups is 4. The number of likely N-dealkylation sites (tertiary alicyclic amines) is 1. The fourth-order valence-corrected chi connectivity index (χ4v) is 3.29. The minimum Gasteiger partial charge on any atom is -0.426 e. The van der Waals surface area contributed by atoms with Gasteiger partial charge in [-0.3, -0.25) is 24.2 Å². The van der Waals surface area contributed by atoms with Crippen molar-refractivity contribution in [3.05, 3.63) is 29.3 Å². The van der Waals surface area contributed by atoms with E-state index in [1.54, 1.807) is 6.07 Å². The zero-order valence-corrected chi connectivity index (χ0v) is 13.4. The van der Waals surface area contributed by atoms with Gasteiger partial charge in [-0.15, -0.1) is 0 Å². The van der Waals surface area contributed by atoms with Crippen molar-refractivity contribution in [3.63, 3.8) is 0 Å². The molecule has 0 spiro atoms. The Hall–Kier alpha value is -2.94. The molecule has 0 unspecified atom stereocenters. The number of hydrogen-bond donors (Lipinski definition) is 1. The highest BCUT2D eigenvalue weighted by Gasteiger charge is 2.44. The minimum absolute atomic E-state index is 0.109. The van der Waals surface area contributed by atoms with Crippen molar-refractivity contribution in [2.24, 2.45) is 0 Å². The van der Waals surface area contributed by atoms with E-state index in [1.807, 2.05) is 4.90 Å². The standard InChI is InChI=1S/C16H15N3O6/c1-18-14(21)9-3-2-8(4-10(9)15(18)22)17-13(20)7-19-5-11-12(6-19)25-16(23)24-11/h2-4,11-12H,5-7H2,1H3,(H,17,20)/t11-,12+. The molecular formula is C16H15N3O6. The molecule has 3 aliphatic heterocycles. The van der Waals surface area contributed by atoms with Crippen LogP contribution in [0.15, 0.2) is 18.2 Å². The topological polar surface area (TPSA) is 105 Å². The Morgan fingerprint density at radius 1 is 1.12 bits per heavy atom. The third kappa shape index (κ3) is 2.62. The highest BCUT2D eigenvalue weighted by Crippen LogP contribution is 2.25. The predicted octanol–water partition coefficient (Wildman–Crippen LogP) is 0.0705. The Kier molecular flexibility index (Phi) is 3.46. The van der Waals surface area contributed by atoms with E-state index in [0.29, 0.717) is 24.3 Å². The van der Waals surface area contributed by atoms with Gasteiger partial charge in [0, 0.05) is 25.8 Å². The molecule has 2 atom stereocenters. The number of anilines is 1. The monoisotopic (exact) mass is 345 g/mol. The molecule has 1 N–H and O–H groups in total. The number of fused-ring (bicyclic) bond motifs is 2. The molecule has 4 rings (SSSR count). The number of ether oxygens (including phenoxy) is 2. The van der Waals surface area contributed by atoms with Crippen LogP contribution in [0.2, 0.25) is 0 Å². The Bertz CT molecular complexity index is 791. The highest BCUT2D eigenvalue weighted by atomic mass is 16.8. The van der Waals surface area contributed by atoms with Crippen LogP contribution in [-0.2, 0) is 14.3 Å². The lowest BCUT2D eigenvalue weighted by Gasteiger charge is -2.15. The number of carbonyl (C=O) groups excluding carboxylic acids is 4. The number of imide groups is 1. The van der Waals surface area contributed by atoms with Crippen molar-refractivity contribution < 1.29 is 28.7 Å². The van der Waals surface area contributed by atoms with Crippen LogP contribution in [0, 0.1) is 0 Å². The van der Waals surface area contributed by atoms with E-state index in [4.69, 9.17) is 9.47 Å². The zero-order chi connectivity index (χ0) is 17.7. The number of amides is 3. The van der Waals surface area contributed by atoms with E-state index in [-0.39, 0.29) is 42.0 Å². The fourth-order valence-electron chi connectivity index (χ4n) is 3.29. The molecule has 3 amide bonds. The van der Waals surface area contributed by atoms with Crippen LogP contribution >= 0.6 is 0 Å². The second-order valence-corrected chi connectivity index (χ2v) is 6.23. The first kappa shape index (κ1) is 15.6. The summed E-state index contributed by atoms with van der Waals surface area (Å²) in [6.45, 7) is 0.982. The second kappa shape index (κ2) is 5.55. The first-order valence-corrected chi connectivity index (χ1v) is 7.78. The van der Waals surface area contributed by atoms with Crippen molar-refractivity contribution in [3.8, 4) is 0 Å². The first-order valence-electron chi connectivity index (χ1n) is 7.78. The van der Waals surface area contributed by atoms with Gasteiger partial charge in [0.1, 0.15) is 0 Å². The van der Waals surface area contributed by atoms with Gasteiger partial charge in [0.15, 0.2) is 12.2 Å². The lowest BCUT2D eigenvalue weighted by atomic mass is 10.1. The fraction of sp³-hybridized carbons (Fsp3) is 0.375. The number of nitrogens with one attached hydrogen (secondary N) is 1. The largest absolute Gasteiger partial charge is 0.509 e. The van der Waals surface area contributed by atoms with Crippen LogP contribution in [0.5, 0.6) is 0 Å². The summed E-state index contributed by atoms with van der Waals surface area (Å²) >= 11 is 0. The van der Waals surface area contributed by atoms with Gasteiger partial charge in [-0.05, 0) is 18.2 Å². The van der Waals surface area contributed by atoms with E-state index in [1.165, 1.54) is 19.2 Å². The van der Waals surface area contributed by atoms with Gasteiger partial charge >= 0.3 is 6.16 Å². The predicted molar refractivity (Wildman–Crippen MR) is 83.1 cm³/mol. The molecule has 0 aliphatic carbocycles. The van der Waals surface area contributed by atoms with Gasteiger partial charge in [0.2, 0.25) is 5.91 Å². The smallest absolute Gasteiger partial charge is 0.426 e. The average Bonchev–Trinajstić information content (AvgIpc) is 3.14. The molecule has 0 aromatic heterocycles. The second-order valence-electron chi connectivity index (χ2n) is 6.23. The summed E-state index contributed by atoms with van der Waals surface area (Å²) in [6.07, 6.45) is -1.33. The van der Waals surface area contributed by atoms with Crippen LogP contribution < -0.4 is 5.32 Å². The zero-order valence-electron chi connectivity index (χ0n) is 13.4. The number of nitrogens with zero attached hydrogens (tertiary/aromatic N) is 2. The summed E-state index contributed by atoms with van der Waals surface area (Å²) in [5.41, 5.74) is 1.06. The van der Waals surface area contributed by atoms with Crippen molar-refractivity contribution in [1.29, 1.82) is 0 Å². The van der Waals surface area contributed by atoms with Crippen molar-refractivity contribution in [1.82, 2.24) is 9.80 Å². The highest BCUT2D eigenvalue weighted by molar-refractivity contribution is 6.21. The van der Waals surface area contributed by atoms with E-state index in [9.17, 15) is 19.2 Å². The van der Waals surface area contributed by atoms with Crippen molar-refractivity contribution in [2.75, 3.05) is 32.0 Å². The van der Waals surface area contributed by atoms with Gasteiger partial charge in [-0.1, -0.05) is 0 Å². The molecule has 1 aromatic carbocycles. The van der Waals surface area contributed by atoms with Gasteiger partial charge < -0.3 is 14.8 Å². The van der Waals surface area contributed by atoms with E-state index >= 15 is 0 Å². The molecule has 9 heteroatoms. The summed E-state index contributed by atoms with van der Waals surface area (Å²) in [4.78, 5) is 49.9. The lowest BCUT2D eigenvalue weighted by Crippen LogP contribution is -2.33. The maximum Gasteiger partial charge on any atom is 0.509 e. The Labute approximate surface area is 142 Å². The molecule has 3 heterocycles. The summed E-state index contributed by atoms with van der Waals surface area (Å²) in [5.74, 6) is -1.00. The molecule has 2 fully saturated rings. The van der Waals surface area contributed by atoms with Gasteiger partial charge in [-0.25, -0.2) is 4.79 Å². The summed E-state index contributed by atoms with van der Waals surface area (Å²) in [5, 5.41) is 2.71. The minimum atomic E-state index is -0.665. The summed E-state index contributed by atoms with van der Waals surface area (Å²) < 4.78 is 9.98. The third-order valence-electron chi connectivity index (χ3n) is 4.53. The third-order valence-corrected chi connectivity index (χ3v) is 4.53. The number of hydrogen-bond acceptors (Lipinski definition) is 7. The van der Waals surface area contributed by atoms with Crippen LogP contribution in [0.1, 0.15) is 20.7 Å². The van der Waals surface area contributed by atoms with E-state index in [0.717, 1.165) is 4.90 Å². The van der Waals surface area contributed by atoms with Crippen molar-refractivity contribution in [2.45, 2.75) is 12.2 Å². The van der Waals surface area contributed by atoms with Gasteiger partial charge in [0.25, 0.3) is 11.8 Å². The maximum absolute atomic E-state index is 12.2. The quantitative estimate of drug-likeness (QED) is 0.610. The van der Waals surface area contributed by atoms with Crippen LogP contribution in [-0.4, -0.2) is 72.6 Å². The average molecular weight is 345 g/mol. The molecule has 0 saturated carbocycles. The molecule has 0 radical (unpaired) electrons.